The second-order valence-corrected chi connectivity index (χ2v) is 10.2. The van der Waals surface area contributed by atoms with E-state index in [4.69, 9.17) is 5.14 Å². The molecule has 4 N–H and O–H groups in total. The number of carbonyl (C=O) groups is 1. The Morgan fingerprint density at radius 1 is 1.10 bits per heavy atom. The van der Waals surface area contributed by atoms with Crippen LogP contribution in [0.2, 0.25) is 0 Å². The van der Waals surface area contributed by atoms with Gasteiger partial charge in [0.2, 0.25) is 0 Å². The summed E-state index contributed by atoms with van der Waals surface area (Å²) in [7, 11) is -3.44. The predicted octanol–water partition coefficient (Wildman–Crippen LogP) is 3.82. The number of nitrogens with two attached hydrogens (primary N) is 1. The Hall–Kier alpha value is -2.22. The summed E-state index contributed by atoms with van der Waals surface area (Å²) < 4.78 is 16.8. The molecule has 7 heteroatoms. The molecule has 2 aliphatic rings. The van der Waals surface area contributed by atoms with Crippen molar-refractivity contribution in [3.63, 3.8) is 0 Å². The molecule has 0 aliphatic heterocycles. The quantitative estimate of drug-likeness (QED) is 0.712. The number of nitrogens with zero attached hydrogens (tertiary/aromatic N) is 1. The lowest BCUT2D eigenvalue weighted by molar-refractivity contribution is 0.0784. The van der Waals surface area contributed by atoms with Gasteiger partial charge in [0.15, 0.2) is 0 Å². The number of benzene rings is 2. The molecule has 29 heavy (non-hydrogen) atoms. The minimum Gasteiger partial charge on any atom is -0.386 e. The maximum absolute atomic E-state index is 13.0. The number of amides is 2. The van der Waals surface area contributed by atoms with E-state index in [2.05, 4.69) is 15.7 Å². The first-order valence-corrected chi connectivity index (χ1v) is 11.6. The predicted molar refractivity (Wildman–Crippen MR) is 114 cm³/mol. The van der Waals surface area contributed by atoms with Crippen molar-refractivity contribution in [3.8, 4) is 0 Å². The summed E-state index contributed by atoms with van der Waals surface area (Å²) in [6.07, 6.45) is 6.08. The molecule has 1 atom stereocenters. The van der Waals surface area contributed by atoms with Gasteiger partial charge in [0.1, 0.15) is 9.92 Å². The number of fused-ring (bicyclic) bond motifs is 2. The van der Waals surface area contributed by atoms with Gasteiger partial charge in [-0.25, -0.2) is 14.1 Å². The summed E-state index contributed by atoms with van der Waals surface area (Å²) >= 11 is 0. The summed E-state index contributed by atoms with van der Waals surface area (Å²) in [5.41, 5.74) is 5.26. The van der Waals surface area contributed by atoms with Gasteiger partial charge in [0.05, 0.1) is 10.5 Å². The van der Waals surface area contributed by atoms with E-state index in [0.29, 0.717) is 5.56 Å². The normalized spacial score (nSPS) is 17.4. The zero-order valence-corrected chi connectivity index (χ0v) is 17.6. The molecule has 2 aromatic carbocycles. The van der Waals surface area contributed by atoms with E-state index in [0.717, 1.165) is 44.2 Å². The monoisotopic (exact) mass is 413 g/mol. The number of carbonyl (C=O) groups excluding carboxylic acids is 1. The first-order chi connectivity index (χ1) is 13.6. The van der Waals surface area contributed by atoms with Gasteiger partial charge in [-0.3, -0.25) is 0 Å². The Bertz CT molecular complexity index is 1080. The van der Waals surface area contributed by atoms with Gasteiger partial charge in [-0.15, -0.1) is 4.36 Å². The summed E-state index contributed by atoms with van der Waals surface area (Å²) in [4.78, 5) is 12.9. The Labute approximate surface area is 171 Å². The van der Waals surface area contributed by atoms with E-state index in [9.17, 15) is 14.1 Å². The molecule has 0 unspecified atom stereocenters. The maximum atomic E-state index is 13.0. The minimum absolute atomic E-state index is 0.218. The van der Waals surface area contributed by atoms with E-state index in [1.54, 1.807) is 32.0 Å². The van der Waals surface area contributed by atoms with Crippen LogP contribution >= 0.6 is 0 Å². The molecule has 2 amide bonds. The number of hydrogen-bond donors (Lipinski definition) is 3. The highest BCUT2D eigenvalue weighted by molar-refractivity contribution is 7.91. The number of aliphatic hydroxyl groups is 1. The molecule has 0 radical (unpaired) electrons. The molecular weight excluding hydrogens is 386 g/mol. The van der Waals surface area contributed by atoms with Crippen LogP contribution in [0.25, 0.3) is 0 Å². The number of aryl methyl sites for hydroxylation is 2. The summed E-state index contributed by atoms with van der Waals surface area (Å²) in [5, 5.41) is 19.0. The zero-order valence-electron chi connectivity index (χ0n) is 16.8. The fraction of sp³-hybridized carbons (Fsp3) is 0.409. The first-order valence-electron chi connectivity index (χ1n) is 10.0. The van der Waals surface area contributed by atoms with Crippen LogP contribution in [0.1, 0.15) is 54.5 Å². The van der Waals surface area contributed by atoms with Crippen LogP contribution in [0.15, 0.2) is 39.6 Å². The molecule has 0 fully saturated rings. The summed E-state index contributed by atoms with van der Waals surface area (Å²) in [5.74, 6) is 0. The van der Waals surface area contributed by atoms with Crippen LogP contribution in [-0.2, 0) is 41.2 Å². The van der Waals surface area contributed by atoms with Crippen molar-refractivity contribution in [2.45, 2.75) is 62.9 Å². The Kier molecular flexibility index (Phi) is 5.01. The van der Waals surface area contributed by atoms with Crippen LogP contribution in [-0.4, -0.2) is 15.3 Å². The van der Waals surface area contributed by atoms with E-state index >= 15 is 0 Å². The van der Waals surface area contributed by atoms with Gasteiger partial charge in [0, 0.05) is 5.69 Å². The number of urea groups is 1. The van der Waals surface area contributed by atoms with Crippen molar-refractivity contribution >= 4 is 21.6 Å². The van der Waals surface area contributed by atoms with E-state index in [1.807, 2.05) is 0 Å². The Balaban J connectivity index is 1.67. The van der Waals surface area contributed by atoms with Gasteiger partial charge >= 0.3 is 6.03 Å². The largest absolute Gasteiger partial charge is 0.386 e. The fourth-order valence-electron chi connectivity index (χ4n) is 4.33. The van der Waals surface area contributed by atoms with Crippen molar-refractivity contribution in [2.24, 2.45) is 9.50 Å². The first kappa shape index (κ1) is 20.1. The topological polar surface area (TPSA) is 105 Å². The van der Waals surface area contributed by atoms with Crippen molar-refractivity contribution in [3.05, 3.63) is 58.1 Å². The van der Waals surface area contributed by atoms with Crippen LogP contribution in [0, 0.1) is 0 Å². The van der Waals surface area contributed by atoms with Crippen molar-refractivity contribution < 1.29 is 14.1 Å². The molecule has 2 aromatic rings. The van der Waals surface area contributed by atoms with Gasteiger partial charge < -0.3 is 10.4 Å². The van der Waals surface area contributed by atoms with Crippen molar-refractivity contribution in [2.75, 3.05) is 5.32 Å². The molecule has 6 nitrogen and oxygen atoms in total. The average Bonchev–Trinajstić information content (AvgIpc) is 3.29. The highest BCUT2D eigenvalue weighted by Crippen LogP contribution is 2.38. The minimum atomic E-state index is -3.44. The molecule has 0 aromatic heterocycles. The Morgan fingerprint density at radius 3 is 2.31 bits per heavy atom. The maximum Gasteiger partial charge on any atom is 0.354 e. The fourth-order valence-corrected chi connectivity index (χ4v) is 5.30. The number of rotatable bonds is 3. The van der Waals surface area contributed by atoms with E-state index in [-0.39, 0.29) is 4.90 Å². The molecule has 0 spiro atoms. The van der Waals surface area contributed by atoms with Gasteiger partial charge in [0.25, 0.3) is 0 Å². The molecule has 0 saturated heterocycles. The van der Waals surface area contributed by atoms with Gasteiger partial charge in [-0.2, -0.15) is 0 Å². The lowest BCUT2D eigenvalue weighted by Crippen LogP contribution is -2.20. The summed E-state index contributed by atoms with van der Waals surface area (Å²) in [6, 6.07) is 8.06. The summed E-state index contributed by atoms with van der Waals surface area (Å²) in [6.45, 7) is 3.26. The second kappa shape index (κ2) is 7.23. The number of hydrogen-bond acceptors (Lipinski definition) is 3. The molecule has 154 valence electrons. The van der Waals surface area contributed by atoms with Crippen LogP contribution in [0.5, 0.6) is 0 Å². The van der Waals surface area contributed by atoms with Crippen LogP contribution in [0.4, 0.5) is 10.5 Å². The third-order valence-corrected chi connectivity index (χ3v) is 7.17. The number of nitrogens with one attached hydrogen (secondary N) is 1. The van der Waals surface area contributed by atoms with Crippen molar-refractivity contribution in [1.29, 1.82) is 0 Å². The van der Waals surface area contributed by atoms with E-state index in [1.165, 1.54) is 28.3 Å². The second-order valence-electron chi connectivity index (χ2n) is 8.41. The van der Waals surface area contributed by atoms with Crippen LogP contribution < -0.4 is 10.5 Å². The highest BCUT2D eigenvalue weighted by Gasteiger charge is 2.25. The smallest absolute Gasteiger partial charge is 0.354 e. The third-order valence-electron chi connectivity index (χ3n) is 5.80. The van der Waals surface area contributed by atoms with Gasteiger partial charge in [-0.05, 0) is 92.3 Å². The molecule has 0 saturated carbocycles. The molecule has 0 bridgehead atoms. The van der Waals surface area contributed by atoms with Gasteiger partial charge in [-0.1, -0.05) is 18.2 Å². The molecule has 0 heterocycles. The standard InChI is InChI=1S/C22H27N3O3S/c1-22(2,27)16-8-5-9-17(13-16)29(23,28)25-21(26)24-20-18-10-3-6-14(18)12-15-7-4-11-19(15)20/h5,8-9,12-13,27H,3-4,6-7,10-11H2,1-2H3,(H3,23,24,25,26,28)/t29-/m1/s1. The average molecular weight is 414 g/mol. The number of anilines is 1. The molecule has 2 aliphatic carbocycles. The molecule has 4 rings (SSSR count). The molecular formula is C22H27N3O3S. The van der Waals surface area contributed by atoms with Crippen LogP contribution in [0.3, 0.4) is 0 Å². The van der Waals surface area contributed by atoms with Crippen molar-refractivity contribution in [1.82, 2.24) is 0 Å². The Morgan fingerprint density at radius 2 is 1.72 bits per heavy atom. The zero-order chi connectivity index (χ0) is 20.8. The highest BCUT2D eigenvalue weighted by atomic mass is 32.2. The van der Waals surface area contributed by atoms with E-state index < -0.39 is 21.5 Å². The SMILES string of the molecule is CC(C)(O)c1cccc([S@](N)(=O)=NC(=O)Nc2c3c(cc4c2CCC4)CCC3)c1. The lowest BCUT2D eigenvalue weighted by atomic mass is 9.99. The lowest BCUT2D eigenvalue weighted by Gasteiger charge is -2.18. The third kappa shape index (κ3) is 3.95.